The highest BCUT2D eigenvalue weighted by atomic mass is 16.5. The van der Waals surface area contributed by atoms with Gasteiger partial charge in [0.05, 0.1) is 37.6 Å². The van der Waals surface area contributed by atoms with Gasteiger partial charge in [0.25, 0.3) is 11.7 Å². The normalized spacial score (nSPS) is 17.4. The SMILES string of the molecule is CCOc1ccc(C2C(=C(O)c3ccccc3)C(=O)C(=O)N2Cc2ccco2)cc1OCC. The van der Waals surface area contributed by atoms with Gasteiger partial charge < -0.3 is 23.9 Å². The largest absolute Gasteiger partial charge is 0.507 e. The zero-order valence-electron chi connectivity index (χ0n) is 18.5. The Morgan fingerprint density at radius 3 is 2.36 bits per heavy atom. The Bertz CT molecular complexity index is 1170. The monoisotopic (exact) mass is 447 g/mol. The van der Waals surface area contributed by atoms with Crippen LogP contribution in [0.4, 0.5) is 0 Å². The molecule has 170 valence electrons. The van der Waals surface area contributed by atoms with Crippen LogP contribution in [0.25, 0.3) is 5.76 Å². The maximum absolute atomic E-state index is 13.1. The van der Waals surface area contributed by atoms with Crippen molar-refractivity contribution in [2.75, 3.05) is 13.2 Å². The number of likely N-dealkylation sites (tertiary alicyclic amines) is 1. The molecule has 1 atom stereocenters. The lowest BCUT2D eigenvalue weighted by Gasteiger charge is -2.25. The van der Waals surface area contributed by atoms with E-state index in [1.165, 1.54) is 11.2 Å². The highest BCUT2D eigenvalue weighted by Crippen LogP contribution is 2.42. The topological polar surface area (TPSA) is 89.2 Å². The first-order valence-electron chi connectivity index (χ1n) is 10.8. The molecule has 1 N–H and O–H groups in total. The van der Waals surface area contributed by atoms with Crippen LogP contribution in [0.3, 0.4) is 0 Å². The minimum atomic E-state index is -0.829. The van der Waals surface area contributed by atoms with Crippen molar-refractivity contribution < 1.29 is 28.6 Å². The summed E-state index contributed by atoms with van der Waals surface area (Å²) in [4.78, 5) is 27.6. The number of aliphatic hydroxyl groups is 1. The highest BCUT2D eigenvalue weighted by Gasteiger charge is 2.46. The third-order valence-corrected chi connectivity index (χ3v) is 5.38. The third kappa shape index (κ3) is 4.35. The highest BCUT2D eigenvalue weighted by molar-refractivity contribution is 6.46. The number of ketones is 1. The molecule has 0 radical (unpaired) electrons. The van der Waals surface area contributed by atoms with Gasteiger partial charge in [-0.25, -0.2) is 0 Å². The third-order valence-electron chi connectivity index (χ3n) is 5.38. The molecular formula is C26H25NO6. The second kappa shape index (κ2) is 9.65. The predicted octanol–water partition coefficient (Wildman–Crippen LogP) is 4.70. The summed E-state index contributed by atoms with van der Waals surface area (Å²) < 4.78 is 16.8. The molecule has 33 heavy (non-hydrogen) atoms. The van der Waals surface area contributed by atoms with E-state index in [-0.39, 0.29) is 17.9 Å². The van der Waals surface area contributed by atoms with Crippen LogP contribution in [-0.4, -0.2) is 34.9 Å². The molecule has 1 aliphatic heterocycles. The summed E-state index contributed by atoms with van der Waals surface area (Å²) in [6, 6.07) is 16.6. The number of ether oxygens (including phenoxy) is 2. The molecule has 7 nitrogen and oxygen atoms in total. The maximum Gasteiger partial charge on any atom is 0.296 e. The molecule has 1 unspecified atom stereocenters. The number of benzene rings is 2. The van der Waals surface area contributed by atoms with Crippen molar-refractivity contribution in [1.29, 1.82) is 0 Å². The van der Waals surface area contributed by atoms with Crippen LogP contribution in [0.1, 0.15) is 36.8 Å². The number of hydrogen-bond donors (Lipinski definition) is 1. The first kappa shape index (κ1) is 22.2. The van der Waals surface area contributed by atoms with Gasteiger partial charge in [-0.05, 0) is 43.7 Å². The Balaban J connectivity index is 1.87. The zero-order valence-corrected chi connectivity index (χ0v) is 18.5. The lowest BCUT2D eigenvalue weighted by atomic mass is 9.95. The summed E-state index contributed by atoms with van der Waals surface area (Å²) in [6.45, 7) is 4.69. The van der Waals surface area contributed by atoms with Gasteiger partial charge in [-0.1, -0.05) is 36.4 Å². The molecule has 0 saturated carbocycles. The summed E-state index contributed by atoms with van der Waals surface area (Å²) in [5.41, 5.74) is 1.09. The van der Waals surface area contributed by atoms with E-state index in [2.05, 4.69) is 0 Å². The fourth-order valence-corrected chi connectivity index (χ4v) is 3.95. The molecule has 3 aromatic rings. The number of hydrogen-bond acceptors (Lipinski definition) is 6. The van der Waals surface area contributed by atoms with Gasteiger partial charge >= 0.3 is 0 Å². The van der Waals surface area contributed by atoms with E-state index in [1.54, 1.807) is 54.6 Å². The fourth-order valence-electron chi connectivity index (χ4n) is 3.95. The molecule has 1 aliphatic rings. The maximum atomic E-state index is 13.1. The quantitative estimate of drug-likeness (QED) is 0.306. The van der Waals surface area contributed by atoms with Crippen molar-refractivity contribution in [2.24, 2.45) is 0 Å². The second-order valence-electron chi connectivity index (χ2n) is 7.44. The zero-order chi connectivity index (χ0) is 23.4. The van der Waals surface area contributed by atoms with Crippen LogP contribution in [-0.2, 0) is 16.1 Å². The Labute approximate surface area is 191 Å². The van der Waals surface area contributed by atoms with Crippen LogP contribution in [0.15, 0.2) is 76.9 Å². The molecule has 0 aliphatic carbocycles. The minimum Gasteiger partial charge on any atom is -0.507 e. The van der Waals surface area contributed by atoms with Gasteiger partial charge in [-0.2, -0.15) is 0 Å². The molecule has 1 saturated heterocycles. The number of furan rings is 1. The molecule has 2 aromatic carbocycles. The number of aliphatic hydroxyl groups excluding tert-OH is 1. The standard InChI is InChI=1S/C26H25NO6/c1-3-31-20-13-12-18(15-21(20)32-4-2)23-22(24(28)17-9-6-5-7-10-17)25(29)26(30)27(23)16-19-11-8-14-33-19/h5-15,23,28H,3-4,16H2,1-2H3. The molecule has 1 aromatic heterocycles. The van der Waals surface area contributed by atoms with Crippen LogP contribution in [0, 0.1) is 0 Å². The molecule has 0 spiro atoms. The number of carbonyl (C=O) groups excluding carboxylic acids is 2. The average Bonchev–Trinajstić information content (AvgIpc) is 3.43. The Kier molecular flexibility index (Phi) is 6.49. The van der Waals surface area contributed by atoms with Gasteiger partial charge in [0, 0.05) is 5.56 Å². The summed E-state index contributed by atoms with van der Waals surface area (Å²) in [5.74, 6) is -0.0971. The molecule has 1 fully saturated rings. The summed E-state index contributed by atoms with van der Waals surface area (Å²) in [5, 5.41) is 11.1. The molecule has 4 rings (SSSR count). The van der Waals surface area contributed by atoms with E-state index in [1.807, 2.05) is 19.9 Å². The van der Waals surface area contributed by atoms with Gasteiger partial charge in [-0.15, -0.1) is 0 Å². The van der Waals surface area contributed by atoms with E-state index in [4.69, 9.17) is 13.9 Å². The lowest BCUT2D eigenvalue weighted by Crippen LogP contribution is -2.29. The molecular weight excluding hydrogens is 422 g/mol. The van der Waals surface area contributed by atoms with Crippen molar-refractivity contribution in [3.8, 4) is 11.5 Å². The number of rotatable bonds is 8. The van der Waals surface area contributed by atoms with Crippen LogP contribution >= 0.6 is 0 Å². The van der Waals surface area contributed by atoms with E-state index in [0.29, 0.717) is 41.6 Å². The Hall–Kier alpha value is -4.00. The van der Waals surface area contributed by atoms with Crippen molar-refractivity contribution in [1.82, 2.24) is 4.90 Å². The first-order valence-corrected chi connectivity index (χ1v) is 10.8. The molecule has 2 heterocycles. The van der Waals surface area contributed by atoms with Crippen molar-refractivity contribution in [3.63, 3.8) is 0 Å². The number of amides is 1. The summed E-state index contributed by atoms with van der Waals surface area (Å²) >= 11 is 0. The van der Waals surface area contributed by atoms with Gasteiger partial charge in [-0.3, -0.25) is 9.59 Å². The van der Waals surface area contributed by atoms with Crippen LogP contribution in [0.2, 0.25) is 0 Å². The first-order chi connectivity index (χ1) is 16.0. The smallest absolute Gasteiger partial charge is 0.296 e. The van der Waals surface area contributed by atoms with Crippen molar-refractivity contribution in [2.45, 2.75) is 26.4 Å². The van der Waals surface area contributed by atoms with Gasteiger partial charge in [0.2, 0.25) is 0 Å². The van der Waals surface area contributed by atoms with Gasteiger partial charge in [0.15, 0.2) is 11.5 Å². The van der Waals surface area contributed by atoms with Gasteiger partial charge in [0.1, 0.15) is 11.5 Å². The average molecular weight is 447 g/mol. The number of carbonyl (C=O) groups is 2. The number of Topliss-reactive ketones (excluding diaryl/α,β-unsaturated/α-hetero) is 1. The van der Waals surface area contributed by atoms with Crippen molar-refractivity contribution in [3.05, 3.63) is 89.4 Å². The Morgan fingerprint density at radius 1 is 0.970 bits per heavy atom. The summed E-state index contributed by atoms with van der Waals surface area (Å²) in [6.07, 6.45) is 1.51. The van der Waals surface area contributed by atoms with Crippen LogP contribution < -0.4 is 9.47 Å². The van der Waals surface area contributed by atoms with Crippen molar-refractivity contribution >= 4 is 17.4 Å². The van der Waals surface area contributed by atoms with Crippen LogP contribution in [0.5, 0.6) is 11.5 Å². The predicted molar refractivity (Wildman–Crippen MR) is 122 cm³/mol. The van der Waals surface area contributed by atoms with E-state index in [0.717, 1.165) is 0 Å². The molecule has 7 heteroatoms. The number of nitrogens with zero attached hydrogens (tertiary/aromatic N) is 1. The minimum absolute atomic E-state index is 0.0179. The van der Waals surface area contributed by atoms with E-state index in [9.17, 15) is 14.7 Å². The summed E-state index contributed by atoms with van der Waals surface area (Å²) in [7, 11) is 0. The molecule has 1 amide bonds. The Morgan fingerprint density at radius 2 is 1.70 bits per heavy atom. The fraction of sp³-hybridized carbons (Fsp3) is 0.231. The second-order valence-corrected chi connectivity index (χ2v) is 7.44. The van der Waals surface area contributed by atoms with E-state index < -0.39 is 17.7 Å². The molecule has 0 bridgehead atoms. The van der Waals surface area contributed by atoms with E-state index >= 15 is 0 Å². The lowest BCUT2D eigenvalue weighted by molar-refractivity contribution is -0.140.